The van der Waals surface area contributed by atoms with Gasteiger partial charge in [-0.3, -0.25) is 0 Å². The van der Waals surface area contributed by atoms with Crippen LogP contribution in [0.5, 0.6) is 5.75 Å². The number of ether oxygens (including phenoxy) is 1. The highest BCUT2D eigenvalue weighted by Gasteiger charge is 2.22. The first-order chi connectivity index (χ1) is 9.43. The average Bonchev–Trinajstić information content (AvgIpc) is 2.80. The number of aromatic nitrogens is 1. The van der Waals surface area contributed by atoms with Gasteiger partial charge in [0.05, 0.1) is 7.11 Å². The first kappa shape index (κ1) is 14.1. The zero-order valence-electron chi connectivity index (χ0n) is 11.9. The monoisotopic (exact) mass is 275 g/mol. The van der Waals surface area contributed by atoms with Crippen molar-refractivity contribution in [3.05, 3.63) is 35.4 Å². The molecule has 1 N–H and O–H groups in total. The quantitative estimate of drug-likeness (QED) is 0.924. The number of aryl methyl sites for hydroxylation is 1. The fourth-order valence-electron chi connectivity index (χ4n) is 2.02. The van der Waals surface area contributed by atoms with Gasteiger partial charge in [0.1, 0.15) is 11.4 Å². The van der Waals surface area contributed by atoms with Crippen molar-refractivity contribution in [2.45, 2.75) is 26.7 Å². The molecule has 0 bridgehead atoms. The molecule has 0 saturated carbocycles. The van der Waals surface area contributed by atoms with Gasteiger partial charge in [0.15, 0.2) is 5.89 Å². The van der Waals surface area contributed by atoms with E-state index in [0.29, 0.717) is 28.8 Å². The summed E-state index contributed by atoms with van der Waals surface area (Å²) in [5, 5.41) is 9.17. The third-order valence-electron chi connectivity index (χ3n) is 3.08. The number of benzene rings is 1. The van der Waals surface area contributed by atoms with Gasteiger partial charge in [-0.2, -0.15) is 0 Å². The number of oxazole rings is 1. The van der Waals surface area contributed by atoms with E-state index < -0.39 is 5.97 Å². The lowest BCUT2D eigenvalue weighted by atomic mass is 9.99. The predicted octanol–water partition coefficient (Wildman–Crippen LogP) is 3.48. The lowest BCUT2D eigenvalue weighted by Crippen LogP contribution is -1.99. The van der Waals surface area contributed by atoms with Crippen molar-refractivity contribution >= 4 is 5.97 Å². The first-order valence-corrected chi connectivity index (χ1v) is 6.33. The Kier molecular flexibility index (Phi) is 3.79. The van der Waals surface area contributed by atoms with Gasteiger partial charge in [-0.1, -0.05) is 19.9 Å². The Balaban J connectivity index is 2.60. The Morgan fingerprint density at radius 1 is 1.40 bits per heavy atom. The third kappa shape index (κ3) is 2.52. The summed E-state index contributed by atoms with van der Waals surface area (Å²) in [7, 11) is 1.55. The molecule has 1 aromatic carbocycles. The second kappa shape index (κ2) is 5.36. The molecule has 0 saturated heterocycles. The Bertz CT molecular complexity index is 643. The van der Waals surface area contributed by atoms with Crippen molar-refractivity contribution in [3.8, 4) is 17.0 Å². The highest BCUT2D eigenvalue weighted by molar-refractivity contribution is 5.92. The average molecular weight is 275 g/mol. The minimum Gasteiger partial charge on any atom is -0.496 e. The summed E-state index contributed by atoms with van der Waals surface area (Å²) in [5.41, 5.74) is 2.02. The minimum atomic E-state index is -1.14. The molecule has 0 spiro atoms. The number of methoxy groups -OCH3 is 1. The van der Waals surface area contributed by atoms with Crippen LogP contribution in [0, 0.1) is 6.92 Å². The second-order valence-corrected chi connectivity index (χ2v) is 4.83. The van der Waals surface area contributed by atoms with E-state index in [1.54, 1.807) is 14.0 Å². The molecule has 2 aromatic rings. The zero-order chi connectivity index (χ0) is 14.9. The molecule has 1 aromatic heterocycles. The van der Waals surface area contributed by atoms with Gasteiger partial charge < -0.3 is 14.3 Å². The molecule has 0 amide bonds. The maximum Gasteiger partial charge on any atom is 0.374 e. The zero-order valence-corrected chi connectivity index (χ0v) is 11.9. The highest BCUT2D eigenvalue weighted by atomic mass is 16.5. The first-order valence-electron chi connectivity index (χ1n) is 6.33. The molecule has 2 rings (SSSR count). The van der Waals surface area contributed by atoms with E-state index in [2.05, 4.69) is 18.8 Å². The summed E-state index contributed by atoms with van der Waals surface area (Å²) < 4.78 is 10.5. The van der Waals surface area contributed by atoms with Crippen LogP contribution in [0.25, 0.3) is 11.3 Å². The topological polar surface area (TPSA) is 72.6 Å². The summed E-state index contributed by atoms with van der Waals surface area (Å²) in [6.07, 6.45) is 0. The van der Waals surface area contributed by atoms with Crippen LogP contribution < -0.4 is 4.74 Å². The van der Waals surface area contributed by atoms with Crippen LogP contribution in [0.2, 0.25) is 0 Å². The fraction of sp³-hybridized carbons (Fsp3) is 0.333. The second-order valence-electron chi connectivity index (χ2n) is 4.83. The molecule has 0 aliphatic heterocycles. The summed E-state index contributed by atoms with van der Waals surface area (Å²) >= 11 is 0. The molecule has 106 valence electrons. The van der Waals surface area contributed by atoms with Crippen molar-refractivity contribution in [3.63, 3.8) is 0 Å². The third-order valence-corrected chi connectivity index (χ3v) is 3.08. The van der Waals surface area contributed by atoms with E-state index in [4.69, 9.17) is 9.15 Å². The highest BCUT2D eigenvalue weighted by Crippen LogP contribution is 2.34. The minimum absolute atomic E-state index is 0.168. The molecule has 20 heavy (non-hydrogen) atoms. The molecule has 0 fully saturated rings. The molecule has 0 unspecified atom stereocenters. The van der Waals surface area contributed by atoms with Gasteiger partial charge in [0.2, 0.25) is 5.76 Å². The lowest BCUT2D eigenvalue weighted by molar-refractivity contribution is 0.0662. The summed E-state index contributed by atoms with van der Waals surface area (Å²) in [4.78, 5) is 15.4. The number of hydrogen-bond acceptors (Lipinski definition) is 4. The number of carbonyl (C=O) groups is 1. The Morgan fingerprint density at radius 2 is 2.10 bits per heavy atom. The number of hydrogen-bond donors (Lipinski definition) is 1. The van der Waals surface area contributed by atoms with E-state index in [1.807, 2.05) is 18.2 Å². The maximum absolute atomic E-state index is 11.2. The van der Waals surface area contributed by atoms with Gasteiger partial charge in [0, 0.05) is 12.5 Å². The van der Waals surface area contributed by atoms with Gasteiger partial charge >= 0.3 is 5.97 Å². The smallest absolute Gasteiger partial charge is 0.374 e. The molecule has 0 aliphatic carbocycles. The van der Waals surface area contributed by atoms with E-state index in [9.17, 15) is 9.90 Å². The molecule has 0 atom stereocenters. The number of carboxylic acids is 1. The van der Waals surface area contributed by atoms with E-state index in [-0.39, 0.29) is 5.76 Å². The fourth-order valence-corrected chi connectivity index (χ4v) is 2.02. The van der Waals surface area contributed by atoms with Crippen LogP contribution in [0.4, 0.5) is 0 Å². The van der Waals surface area contributed by atoms with Crippen molar-refractivity contribution in [2.24, 2.45) is 0 Å². The van der Waals surface area contributed by atoms with Crippen molar-refractivity contribution in [1.82, 2.24) is 4.98 Å². The maximum atomic E-state index is 11.2. The molecule has 5 nitrogen and oxygen atoms in total. The van der Waals surface area contributed by atoms with E-state index >= 15 is 0 Å². The van der Waals surface area contributed by atoms with Gasteiger partial charge in [0.25, 0.3) is 0 Å². The standard InChI is InChI=1S/C15H17NO4/c1-8(2)10-5-6-11(12(7-10)19-4)13-14(15(17)18)20-9(3)16-13/h5-8H,1-4H3,(H,17,18). The summed E-state index contributed by atoms with van der Waals surface area (Å²) in [6.45, 7) is 5.78. The molecule has 5 heteroatoms. The number of aromatic carboxylic acids is 1. The van der Waals surface area contributed by atoms with E-state index in [1.165, 1.54) is 0 Å². The largest absolute Gasteiger partial charge is 0.496 e. The Hall–Kier alpha value is -2.30. The lowest BCUT2D eigenvalue weighted by Gasteiger charge is -2.11. The van der Waals surface area contributed by atoms with Crippen LogP contribution >= 0.6 is 0 Å². The van der Waals surface area contributed by atoms with Crippen LogP contribution in [0.3, 0.4) is 0 Å². The van der Waals surface area contributed by atoms with Crippen molar-refractivity contribution < 1.29 is 19.1 Å². The van der Waals surface area contributed by atoms with Gasteiger partial charge in [-0.05, 0) is 23.6 Å². The van der Waals surface area contributed by atoms with Crippen molar-refractivity contribution in [1.29, 1.82) is 0 Å². The number of nitrogens with zero attached hydrogens (tertiary/aromatic N) is 1. The van der Waals surface area contributed by atoms with Crippen LogP contribution in [-0.4, -0.2) is 23.2 Å². The Morgan fingerprint density at radius 3 is 2.65 bits per heavy atom. The SMILES string of the molecule is COc1cc(C(C)C)ccc1-c1nc(C)oc1C(=O)O. The van der Waals surface area contributed by atoms with Crippen LogP contribution in [0.15, 0.2) is 22.6 Å². The Labute approximate surface area is 117 Å². The summed E-state index contributed by atoms with van der Waals surface area (Å²) in [6, 6.07) is 5.66. The molecule has 0 aliphatic rings. The molecular weight excluding hydrogens is 258 g/mol. The normalized spacial score (nSPS) is 10.8. The summed E-state index contributed by atoms with van der Waals surface area (Å²) in [5.74, 6) is -0.0518. The number of carboxylic acid groups (broad SMARTS) is 1. The molecule has 1 heterocycles. The van der Waals surface area contributed by atoms with Crippen LogP contribution in [-0.2, 0) is 0 Å². The number of rotatable bonds is 4. The van der Waals surface area contributed by atoms with Gasteiger partial charge in [-0.25, -0.2) is 9.78 Å². The molecular formula is C15H17NO4. The van der Waals surface area contributed by atoms with Crippen molar-refractivity contribution in [2.75, 3.05) is 7.11 Å². The van der Waals surface area contributed by atoms with E-state index in [0.717, 1.165) is 5.56 Å². The van der Waals surface area contributed by atoms with Crippen LogP contribution in [0.1, 0.15) is 41.8 Å². The molecule has 0 radical (unpaired) electrons. The van der Waals surface area contributed by atoms with Gasteiger partial charge in [-0.15, -0.1) is 0 Å². The predicted molar refractivity (Wildman–Crippen MR) is 74.3 cm³/mol.